The van der Waals surface area contributed by atoms with Crippen LogP contribution in [0, 0.1) is 0 Å². The van der Waals surface area contributed by atoms with Gasteiger partial charge in [0.15, 0.2) is 0 Å². The molecule has 1 atom stereocenters. The van der Waals surface area contributed by atoms with E-state index < -0.39 is 5.97 Å². The Balaban J connectivity index is 3.82. The molecule has 0 radical (unpaired) electrons. The number of carboxylic acid groups (broad SMARTS) is 1. The lowest BCUT2D eigenvalue weighted by Gasteiger charge is -2.26. The number of hydrogen-bond donors (Lipinski definition) is 2. The number of nitrogens with zero attached hydrogens (tertiary/aromatic N) is 1. The first kappa shape index (κ1) is 17.1. The second kappa shape index (κ2) is 10.1. The third kappa shape index (κ3) is 7.42. The van der Waals surface area contributed by atoms with Crippen molar-refractivity contribution >= 4 is 23.8 Å². The van der Waals surface area contributed by atoms with Gasteiger partial charge in [-0.25, -0.2) is 4.79 Å². The summed E-state index contributed by atoms with van der Waals surface area (Å²) in [4.78, 5) is 23.8. The van der Waals surface area contributed by atoms with Gasteiger partial charge in [0.2, 0.25) is 0 Å². The number of carboxylic acids is 1. The van der Waals surface area contributed by atoms with Crippen LogP contribution in [0.4, 0.5) is 4.79 Å². The molecule has 0 aliphatic carbocycles. The fourth-order valence-corrected chi connectivity index (χ4v) is 2.43. The topological polar surface area (TPSA) is 69.6 Å². The molecule has 0 rings (SSSR count). The van der Waals surface area contributed by atoms with E-state index in [1.807, 2.05) is 6.26 Å². The lowest BCUT2D eigenvalue weighted by molar-refractivity contribution is -0.137. The Bertz CT molecular complexity index is 262. The molecular formula is C12H24N2O3S. The van der Waals surface area contributed by atoms with Gasteiger partial charge in [0.25, 0.3) is 0 Å². The van der Waals surface area contributed by atoms with Crippen molar-refractivity contribution in [2.45, 2.75) is 38.6 Å². The Morgan fingerprint density at radius 2 is 2.06 bits per heavy atom. The van der Waals surface area contributed by atoms with Gasteiger partial charge < -0.3 is 15.3 Å². The molecule has 2 N–H and O–H groups in total. The summed E-state index contributed by atoms with van der Waals surface area (Å²) in [5.41, 5.74) is 0. The molecule has 0 heterocycles. The maximum Gasteiger partial charge on any atom is 0.317 e. The maximum absolute atomic E-state index is 11.8. The van der Waals surface area contributed by atoms with Gasteiger partial charge in [-0.15, -0.1) is 0 Å². The lowest BCUT2D eigenvalue weighted by Crippen LogP contribution is -2.44. The molecule has 0 aromatic heterocycles. The highest BCUT2D eigenvalue weighted by Gasteiger charge is 2.16. The van der Waals surface area contributed by atoms with Crippen LogP contribution in [-0.4, -0.2) is 53.6 Å². The Hall–Kier alpha value is -0.910. The van der Waals surface area contributed by atoms with Crippen LogP contribution in [0.5, 0.6) is 0 Å². The van der Waals surface area contributed by atoms with E-state index in [1.165, 1.54) is 0 Å². The molecule has 18 heavy (non-hydrogen) atoms. The summed E-state index contributed by atoms with van der Waals surface area (Å²) in [6, 6.07) is 0.172. The van der Waals surface area contributed by atoms with E-state index in [1.54, 1.807) is 23.7 Å². The number of unbranched alkanes of at least 4 members (excludes halogenated alkanes) is 1. The molecule has 6 heteroatoms. The quantitative estimate of drug-likeness (QED) is 0.632. The number of hydrogen-bond acceptors (Lipinski definition) is 3. The van der Waals surface area contributed by atoms with Crippen molar-refractivity contribution in [1.29, 1.82) is 0 Å². The van der Waals surface area contributed by atoms with Crippen molar-refractivity contribution in [1.82, 2.24) is 10.2 Å². The normalized spacial score (nSPS) is 11.9. The monoisotopic (exact) mass is 276 g/mol. The molecule has 1 unspecified atom stereocenters. The van der Waals surface area contributed by atoms with Crippen LogP contribution in [0.25, 0.3) is 0 Å². The molecular weight excluding hydrogens is 252 g/mol. The Kier molecular flexibility index (Phi) is 9.55. The van der Waals surface area contributed by atoms with Crippen molar-refractivity contribution in [2.75, 3.05) is 25.6 Å². The minimum Gasteiger partial charge on any atom is -0.481 e. The summed E-state index contributed by atoms with van der Waals surface area (Å²) >= 11 is 1.73. The summed E-state index contributed by atoms with van der Waals surface area (Å²) in [7, 11) is 1.80. The molecule has 0 aromatic rings. The maximum atomic E-state index is 11.8. The first-order chi connectivity index (χ1) is 8.52. The SMILES string of the molecule is CCC(CSC)N(C)C(=O)NCCCCC(=O)O. The van der Waals surface area contributed by atoms with Crippen LogP contribution in [0.15, 0.2) is 0 Å². The average molecular weight is 276 g/mol. The van der Waals surface area contributed by atoms with Gasteiger partial charge >= 0.3 is 12.0 Å². The van der Waals surface area contributed by atoms with Crippen molar-refractivity contribution in [2.24, 2.45) is 0 Å². The largest absolute Gasteiger partial charge is 0.481 e. The minimum absolute atomic E-state index is 0.0776. The molecule has 0 bridgehead atoms. The van der Waals surface area contributed by atoms with Gasteiger partial charge in [-0.3, -0.25) is 4.79 Å². The molecule has 0 aliphatic rings. The second-order valence-corrected chi connectivity index (χ2v) is 5.12. The molecule has 106 valence electrons. The number of carbonyl (C=O) groups is 2. The lowest BCUT2D eigenvalue weighted by atomic mass is 10.2. The zero-order valence-electron chi connectivity index (χ0n) is 11.4. The summed E-state index contributed by atoms with van der Waals surface area (Å²) in [5, 5.41) is 11.3. The smallest absolute Gasteiger partial charge is 0.317 e. The van der Waals surface area contributed by atoms with Crippen LogP contribution in [0.1, 0.15) is 32.6 Å². The number of nitrogens with one attached hydrogen (secondary N) is 1. The van der Waals surface area contributed by atoms with Crippen molar-refractivity contribution in [3.63, 3.8) is 0 Å². The van der Waals surface area contributed by atoms with Crippen LogP contribution >= 0.6 is 11.8 Å². The predicted molar refractivity (Wildman–Crippen MR) is 75.1 cm³/mol. The van der Waals surface area contributed by atoms with Gasteiger partial charge in [-0.1, -0.05) is 6.92 Å². The van der Waals surface area contributed by atoms with Crippen LogP contribution in [0.2, 0.25) is 0 Å². The van der Waals surface area contributed by atoms with E-state index in [0.29, 0.717) is 19.4 Å². The second-order valence-electron chi connectivity index (χ2n) is 4.21. The van der Waals surface area contributed by atoms with Gasteiger partial charge in [0.1, 0.15) is 0 Å². The summed E-state index contributed by atoms with van der Waals surface area (Å²) in [5.74, 6) is 0.142. The number of aliphatic carboxylic acids is 1. The average Bonchev–Trinajstić information content (AvgIpc) is 2.34. The predicted octanol–water partition coefficient (Wildman–Crippen LogP) is 2.02. The van der Waals surface area contributed by atoms with Crippen molar-refractivity contribution < 1.29 is 14.7 Å². The zero-order valence-corrected chi connectivity index (χ0v) is 12.3. The number of amides is 2. The van der Waals surface area contributed by atoms with E-state index in [9.17, 15) is 9.59 Å². The first-order valence-electron chi connectivity index (χ1n) is 6.24. The standard InChI is InChI=1S/C12H24N2O3S/c1-4-10(9-18-3)14(2)12(17)13-8-6-5-7-11(15)16/h10H,4-9H2,1-3H3,(H,13,17)(H,15,16). The highest BCUT2D eigenvalue weighted by atomic mass is 32.2. The minimum atomic E-state index is -0.788. The number of urea groups is 1. The van der Waals surface area contributed by atoms with Crippen LogP contribution < -0.4 is 5.32 Å². The highest BCUT2D eigenvalue weighted by Crippen LogP contribution is 2.08. The van der Waals surface area contributed by atoms with Crippen LogP contribution in [-0.2, 0) is 4.79 Å². The number of carbonyl (C=O) groups excluding carboxylic acids is 1. The van der Waals surface area contributed by atoms with E-state index in [-0.39, 0.29) is 18.5 Å². The molecule has 0 fully saturated rings. The Morgan fingerprint density at radius 1 is 1.39 bits per heavy atom. The van der Waals surface area contributed by atoms with E-state index >= 15 is 0 Å². The summed E-state index contributed by atoms with van der Waals surface area (Å²) < 4.78 is 0. The molecule has 0 aromatic carbocycles. The van der Waals surface area contributed by atoms with E-state index in [4.69, 9.17) is 5.11 Å². The van der Waals surface area contributed by atoms with Gasteiger partial charge in [-0.05, 0) is 25.5 Å². The molecule has 0 saturated heterocycles. The van der Waals surface area contributed by atoms with Crippen molar-refractivity contribution in [3.05, 3.63) is 0 Å². The first-order valence-corrected chi connectivity index (χ1v) is 7.63. The fourth-order valence-electron chi connectivity index (χ4n) is 1.58. The molecule has 5 nitrogen and oxygen atoms in total. The van der Waals surface area contributed by atoms with Crippen molar-refractivity contribution in [3.8, 4) is 0 Å². The van der Waals surface area contributed by atoms with Gasteiger partial charge in [-0.2, -0.15) is 11.8 Å². The summed E-state index contributed by atoms with van der Waals surface area (Å²) in [6.45, 7) is 2.60. The van der Waals surface area contributed by atoms with Gasteiger partial charge in [0.05, 0.1) is 0 Å². The molecule has 0 spiro atoms. The third-order valence-corrected chi connectivity index (χ3v) is 3.51. The number of thioether (sulfide) groups is 1. The summed E-state index contributed by atoms with van der Waals surface area (Å²) in [6.07, 6.45) is 4.42. The molecule has 2 amide bonds. The Morgan fingerprint density at radius 3 is 2.56 bits per heavy atom. The van der Waals surface area contributed by atoms with Gasteiger partial charge in [0, 0.05) is 31.8 Å². The fraction of sp³-hybridized carbons (Fsp3) is 0.833. The van der Waals surface area contributed by atoms with E-state index in [2.05, 4.69) is 12.2 Å². The van der Waals surface area contributed by atoms with E-state index in [0.717, 1.165) is 12.2 Å². The zero-order chi connectivity index (χ0) is 14.0. The van der Waals surface area contributed by atoms with Crippen LogP contribution in [0.3, 0.4) is 0 Å². The highest BCUT2D eigenvalue weighted by molar-refractivity contribution is 7.98. The Labute approximate surface area is 113 Å². The third-order valence-electron chi connectivity index (χ3n) is 2.79. The molecule has 0 aliphatic heterocycles. The number of rotatable bonds is 9. The molecule has 0 saturated carbocycles.